The zero-order valence-electron chi connectivity index (χ0n) is 12.5. The third-order valence-electron chi connectivity index (χ3n) is 3.12. The Labute approximate surface area is 148 Å². The van der Waals surface area contributed by atoms with Gasteiger partial charge < -0.3 is 10.6 Å². The Kier molecular flexibility index (Phi) is 5.80. The van der Waals surface area contributed by atoms with E-state index in [0.717, 1.165) is 5.56 Å². The Morgan fingerprint density at radius 1 is 1.25 bits per heavy atom. The number of amides is 1. The second kappa shape index (κ2) is 7.82. The minimum atomic E-state index is -0.594. The SMILES string of the molecule is Cc1ccc(Cl)cc1NC(=O)/C(C#N)=C\Nc1ccc(F)c(Cl)c1. The summed E-state index contributed by atoms with van der Waals surface area (Å²) < 4.78 is 13.1. The molecule has 24 heavy (non-hydrogen) atoms. The molecule has 2 aromatic carbocycles. The Hall–Kier alpha value is -2.55. The van der Waals surface area contributed by atoms with Gasteiger partial charge in [0.1, 0.15) is 17.5 Å². The van der Waals surface area contributed by atoms with Gasteiger partial charge in [-0.2, -0.15) is 5.26 Å². The van der Waals surface area contributed by atoms with Crippen LogP contribution in [0.5, 0.6) is 0 Å². The van der Waals surface area contributed by atoms with Gasteiger partial charge >= 0.3 is 0 Å². The van der Waals surface area contributed by atoms with Crippen LogP contribution in [-0.4, -0.2) is 5.91 Å². The molecule has 0 saturated heterocycles. The van der Waals surface area contributed by atoms with Gasteiger partial charge in [-0.05, 0) is 42.8 Å². The molecule has 0 aliphatic heterocycles. The molecule has 1 amide bonds. The van der Waals surface area contributed by atoms with Gasteiger partial charge in [0.05, 0.1) is 5.02 Å². The van der Waals surface area contributed by atoms with Gasteiger partial charge in [-0.15, -0.1) is 0 Å². The number of nitrogens with one attached hydrogen (secondary N) is 2. The number of carbonyl (C=O) groups excluding carboxylic acids is 1. The first-order chi connectivity index (χ1) is 11.4. The minimum Gasteiger partial charge on any atom is -0.360 e. The number of hydrogen-bond acceptors (Lipinski definition) is 3. The Morgan fingerprint density at radius 2 is 2.00 bits per heavy atom. The molecule has 0 atom stereocenters. The van der Waals surface area contributed by atoms with E-state index in [1.807, 2.05) is 0 Å². The zero-order valence-corrected chi connectivity index (χ0v) is 14.0. The van der Waals surface area contributed by atoms with Crippen LogP contribution < -0.4 is 10.6 Å². The molecule has 0 bridgehead atoms. The molecule has 2 rings (SSSR count). The first-order valence-corrected chi connectivity index (χ1v) is 7.55. The quantitative estimate of drug-likeness (QED) is 0.599. The van der Waals surface area contributed by atoms with Gasteiger partial charge in [0.15, 0.2) is 0 Å². The third-order valence-corrected chi connectivity index (χ3v) is 3.64. The van der Waals surface area contributed by atoms with E-state index < -0.39 is 11.7 Å². The van der Waals surface area contributed by atoms with Crippen LogP contribution in [-0.2, 0) is 4.79 Å². The summed E-state index contributed by atoms with van der Waals surface area (Å²) in [6.45, 7) is 1.81. The minimum absolute atomic E-state index is 0.0640. The van der Waals surface area contributed by atoms with E-state index >= 15 is 0 Å². The number of hydrogen-bond donors (Lipinski definition) is 2. The van der Waals surface area contributed by atoms with Crippen LogP contribution in [0.2, 0.25) is 10.0 Å². The zero-order chi connectivity index (χ0) is 17.7. The molecular formula is C17H12Cl2FN3O. The van der Waals surface area contributed by atoms with Gasteiger partial charge in [0.2, 0.25) is 0 Å². The molecule has 0 radical (unpaired) electrons. The Morgan fingerprint density at radius 3 is 2.67 bits per heavy atom. The van der Waals surface area contributed by atoms with E-state index in [-0.39, 0.29) is 10.6 Å². The molecule has 0 fully saturated rings. The van der Waals surface area contributed by atoms with Crippen LogP contribution in [0.3, 0.4) is 0 Å². The summed E-state index contributed by atoms with van der Waals surface area (Å²) in [4.78, 5) is 12.2. The highest BCUT2D eigenvalue weighted by molar-refractivity contribution is 6.31. The Balaban J connectivity index is 2.15. The van der Waals surface area contributed by atoms with Crippen LogP contribution in [0.25, 0.3) is 0 Å². The van der Waals surface area contributed by atoms with Crippen molar-refractivity contribution < 1.29 is 9.18 Å². The Bertz CT molecular complexity index is 859. The predicted molar refractivity (Wildman–Crippen MR) is 93.5 cm³/mol. The van der Waals surface area contributed by atoms with Crippen LogP contribution in [0.1, 0.15) is 5.56 Å². The lowest BCUT2D eigenvalue weighted by Crippen LogP contribution is -2.15. The van der Waals surface area contributed by atoms with Crippen molar-refractivity contribution in [3.05, 3.63) is 69.6 Å². The molecule has 0 heterocycles. The van der Waals surface area contributed by atoms with Crippen molar-refractivity contribution in [3.63, 3.8) is 0 Å². The number of nitriles is 1. The number of carbonyl (C=O) groups is 1. The summed E-state index contributed by atoms with van der Waals surface area (Å²) in [7, 11) is 0. The fourth-order valence-electron chi connectivity index (χ4n) is 1.81. The highest BCUT2D eigenvalue weighted by Gasteiger charge is 2.11. The molecule has 0 aliphatic carbocycles. The van der Waals surface area contributed by atoms with Crippen molar-refractivity contribution in [2.45, 2.75) is 6.92 Å². The van der Waals surface area contributed by atoms with Gasteiger partial charge in [-0.1, -0.05) is 29.3 Å². The van der Waals surface area contributed by atoms with Crippen molar-refractivity contribution in [1.29, 1.82) is 5.26 Å². The number of benzene rings is 2. The maximum absolute atomic E-state index is 13.1. The lowest BCUT2D eigenvalue weighted by atomic mass is 10.2. The van der Waals surface area contributed by atoms with Crippen LogP contribution in [0.4, 0.5) is 15.8 Å². The first kappa shape index (κ1) is 17.8. The summed E-state index contributed by atoms with van der Waals surface area (Å²) in [6.07, 6.45) is 1.22. The monoisotopic (exact) mass is 363 g/mol. The van der Waals surface area contributed by atoms with Gasteiger partial charge in [-0.25, -0.2) is 4.39 Å². The molecular weight excluding hydrogens is 352 g/mol. The number of anilines is 2. The lowest BCUT2D eigenvalue weighted by Gasteiger charge is -2.08. The number of rotatable bonds is 4. The predicted octanol–water partition coefficient (Wildman–Crippen LogP) is 4.90. The average molecular weight is 364 g/mol. The summed E-state index contributed by atoms with van der Waals surface area (Å²) in [5.74, 6) is -1.15. The summed E-state index contributed by atoms with van der Waals surface area (Å²) in [6, 6.07) is 10.8. The fourth-order valence-corrected chi connectivity index (χ4v) is 2.16. The third kappa shape index (κ3) is 4.48. The molecule has 122 valence electrons. The van der Waals surface area contributed by atoms with E-state index in [0.29, 0.717) is 16.4 Å². The number of aryl methyl sites for hydroxylation is 1. The second-order valence-corrected chi connectivity index (χ2v) is 5.70. The van der Waals surface area contributed by atoms with Crippen molar-refractivity contribution >= 4 is 40.5 Å². The molecule has 0 spiro atoms. The van der Waals surface area contributed by atoms with E-state index in [1.54, 1.807) is 31.2 Å². The van der Waals surface area contributed by atoms with E-state index in [2.05, 4.69) is 10.6 Å². The van der Waals surface area contributed by atoms with Crippen molar-refractivity contribution in [3.8, 4) is 6.07 Å². The molecule has 0 saturated carbocycles. The van der Waals surface area contributed by atoms with Gasteiger partial charge in [0.25, 0.3) is 5.91 Å². The molecule has 4 nitrogen and oxygen atoms in total. The molecule has 2 aromatic rings. The standard InChI is InChI=1S/C17H12Cl2FN3O/c1-10-2-3-12(18)6-16(10)23-17(24)11(8-21)9-22-13-4-5-15(20)14(19)7-13/h2-7,9,22H,1H3,(H,23,24)/b11-9-. The highest BCUT2D eigenvalue weighted by atomic mass is 35.5. The molecule has 7 heteroatoms. The highest BCUT2D eigenvalue weighted by Crippen LogP contribution is 2.21. The summed E-state index contributed by atoms with van der Waals surface area (Å²) in [5.41, 5.74) is 1.61. The van der Waals surface area contributed by atoms with Crippen molar-refractivity contribution in [1.82, 2.24) is 0 Å². The second-order valence-electron chi connectivity index (χ2n) is 4.86. The van der Waals surface area contributed by atoms with Gasteiger partial charge in [-0.3, -0.25) is 4.79 Å². The van der Waals surface area contributed by atoms with Crippen molar-refractivity contribution in [2.24, 2.45) is 0 Å². The maximum Gasteiger partial charge on any atom is 0.267 e. The molecule has 0 aromatic heterocycles. The number of halogens is 3. The summed E-state index contributed by atoms with van der Waals surface area (Å²) in [5, 5.41) is 14.9. The van der Waals surface area contributed by atoms with Crippen LogP contribution >= 0.6 is 23.2 Å². The van der Waals surface area contributed by atoms with E-state index in [1.165, 1.54) is 24.4 Å². The van der Waals surface area contributed by atoms with E-state index in [9.17, 15) is 9.18 Å². The first-order valence-electron chi connectivity index (χ1n) is 6.80. The smallest absolute Gasteiger partial charge is 0.267 e. The lowest BCUT2D eigenvalue weighted by molar-refractivity contribution is -0.112. The maximum atomic E-state index is 13.1. The average Bonchev–Trinajstić information content (AvgIpc) is 2.55. The normalized spacial score (nSPS) is 10.9. The van der Waals surface area contributed by atoms with Crippen molar-refractivity contribution in [2.75, 3.05) is 10.6 Å². The molecule has 2 N–H and O–H groups in total. The topological polar surface area (TPSA) is 64.9 Å². The largest absolute Gasteiger partial charge is 0.360 e. The molecule has 0 unspecified atom stereocenters. The fraction of sp³-hybridized carbons (Fsp3) is 0.0588. The van der Waals surface area contributed by atoms with Crippen LogP contribution in [0, 0.1) is 24.1 Å². The number of nitrogens with zero attached hydrogens (tertiary/aromatic N) is 1. The van der Waals surface area contributed by atoms with Gasteiger partial charge in [0, 0.05) is 22.6 Å². The summed E-state index contributed by atoms with van der Waals surface area (Å²) >= 11 is 11.6. The molecule has 0 aliphatic rings. The van der Waals surface area contributed by atoms with E-state index in [4.69, 9.17) is 28.5 Å². The van der Waals surface area contributed by atoms with Crippen LogP contribution in [0.15, 0.2) is 48.2 Å².